The van der Waals surface area contributed by atoms with Crippen LogP contribution in [0.4, 0.5) is 4.39 Å². The number of aromatic nitrogens is 1. The molecule has 0 bridgehead atoms. The molecule has 0 aliphatic carbocycles. The van der Waals surface area contributed by atoms with Gasteiger partial charge in [0.1, 0.15) is 5.82 Å². The number of nitrogens with zero attached hydrogens (tertiary/aromatic N) is 1. The number of halogens is 1. The van der Waals surface area contributed by atoms with Crippen LogP contribution in [0.1, 0.15) is 9.88 Å². The molecule has 3 heteroatoms. The summed E-state index contributed by atoms with van der Waals surface area (Å²) < 4.78 is 13.4. The minimum atomic E-state index is -0.207. The molecule has 0 fully saturated rings. The Hall–Kier alpha value is -1.22. The summed E-state index contributed by atoms with van der Waals surface area (Å²) >= 11 is 1.59. The van der Waals surface area contributed by atoms with E-state index in [1.54, 1.807) is 23.5 Å². The SMILES string of the molecule is Cc1nc(-c2ccccc2F)c(C)s1. The third kappa shape index (κ3) is 1.55. The lowest BCUT2D eigenvalue weighted by molar-refractivity contribution is 0.630. The lowest BCUT2D eigenvalue weighted by Crippen LogP contribution is -1.85. The molecular weight excluding hydrogens is 197 g/mol. The molecule has 0 aliphatic heterocycles. The molecule has 0 spiro atoms. The fourth-order valence-electron chi connectivity index (χ4n) is 1.43. The highest BCUT2D eigenvalue weighted by atomic mass is 32.1. The summed E-state index contributed by atoms with van der Waals surface area (Å²) in [7, 11) is 0. The van der Waals surface area contributed by atoms with Crippen LogP contribution < -0.4 is 0 Å². The summed E-state index contributed by atoms with van der Waals surface area (Å²) in [5.41, 5.74) is 1.36. The molecule has 14 heavy (non-hydrogen) atoms. The van der Waals surface area contributed by atoms with Crippen molar-refractivity contribution in [3.8, 4) is 11.3 Å². The fraction of sp³-hybridized carbons (Fsp3) is 0.182. The first-order valence-corrected chi connectivity index (χ1v) is 5.19. The summed E-state index contributed by atoms with van der Waals surface area (Å²) in [5.74, 6) is -0.207. The Morgan fingerprint density at radius 1 is 1.21 bits per heavy atom. The van der Waals surface area contributed by atoms with Gasteiger partial charge in [-0.15, -0.1) is 11.3 Å². The Morgan fingerprint density at radius 2 is 1.93 bits per heavy atom. The third-order valence-electron chi connectivity index (χ3n) is 2.03. The lowest BCUT2D eigenvalue weighted by atomic mass is 10.1. The van der Waals surface area contributed by atoms with E-state index in [9.17, 15) is 4.39 Å². The average Bonchev–Trinajstić information content (AvgIpc) is 2.46. The van der Waals surface area contributed by atoms with E-state index in [0.29, 0.717) is 5.56 Å². The minimum absolute atomic E-state index is 0.207. The second-order valence-electron chi connectivity index (χ2n) is 3.12. The smallest absolute Gasteiger partial charge is 0.132 e. The largest absolute Gasteiger partial charge is 0.241 e. The molecule has 0 unspecified atom stereocenters. The van der Waals surface area contributed by atoms with Crippen molar-refractivity contribution in [2.24, 2.45) is 0 Å². The topological polar surface area (TPSA) is 12.9 Å². The van der Waals surface area contributed by atoms with Crippen LogP contribution in [0.3, 0.4) is 0 Å². The van der Waals surface area contributed by atoms with Gasteiger partial charge in [0.05, 0.1) is 10.7 Å². The first kappa shape index (κ1) is 9.34. The van der Waals surface area contributed by atoms with Crippen molar-refractivity contribution in [1.82, 2.24) is 4.98 Å². The maximum absolute atomic E-state index is 13.4. The van der Waals surface area contributed by atoms with Crippen molar-refractivity contribution in [2.75, 3.05) is 0 Å². The molecule has 0 amide bonds. The van der Waals surface area contributed by atoms with Crippen LogP contribution in [0, 0.1) is 19.7 Å². The van der Waals surface area contributed by atoms with Gasteiger partial charge in [-0.25, -0.2) is 9.37 Å². The number of rotatable bonds is 1. The first-order chi connectivity index (χ1) is 6.68. The standard InChI is InChI=1S/C11H10FNS/c1-7-11(13-8(2)14-7)9-5-3-4-6-10(9)12/h3-6H,1-2H3. The van der Waals surface area contributed by atoms with Crippen molar-refractivity contribution in [3.63, 3.8) is 0 Å². The van der Waals surface area contributed by atoms with Crippen LogP contribution >= 0.6 is 11.3 Å². The zero-order valence-electron chi connectivity index (χ0n) is 8.04. The number of hydrogen-bond acceptors (Lipinski definition) is 2. The molecule has 2 aromatic rings. The van der Waals surface area contributed by atoms with E-state index >= 15 is 0 Å². The van der Waals surface area contributed by atoms with Crippen LogP contribution in [-0.4, -0.2) is 4.98 Å². The summed E-state index contributed by atoms with van der Waals surface area (Å²) in [4.78, 5) is 5.38. The number of aryl methyl sites for hydroxylation is 2. The van der Waals surface area contributed by atoms with Gasteiger partial charge in [0.2, 0.25) is 0 Å². The zero-order valence-corrected chi connectivity index (χ0v) is 8.86. The molecule has 1 nitrogen and oxygen atoms in total. The van der Waals surface area contributed by atoms with E-state index in [0.717, 1.165) is 15.6 Å². The molecule has 0 radical (unpaired) electrons. The normalized spacial score (nSPS) is 10.5. The van der Waals surface area contributed by atoms with Gasteiger partial charge in [-0.05, 0) is 26.0 Å². The number of hydrogen-bond donors (Lipinski definition) is 0. The Morgan fingerprint density at radius 3 is 2.50 bits per heavy atom. The molecule has 0 aliphatic rings. The molecule has 0 atom stereocenters. The number of thiazole rings is 1. The molecule has 1 aromatic heterocycles. The van der Waals surface area contributed by atoms with E-state index in [-0.39, 0.29) is 5.82 Å². The van der Waals surface area contributed by atoms with E-state index in [1.807, 2.05) is 19.9 Å². The second kappa shape index (κ2) is 3.50. The van der Waals surface area contributed by atoms with Crippen molar-refractivity contribution in [2.45, 2.75) is 13.8 Å². The summed E-state index contributed by atoms with van der Waals surface area (Å²) in [5, 5.41) is 0.973. The molecule has 1 aromatic carbocycles. The van der Waals surface area contributed by atoms with Crippen LogP contribution in [0.15, 0.2) is 24.3 Å². The number of benzene rings is 1. The Balaban J connectivity index is 2.60. The fourth-order valence-corrected chi connectivity index (χ4v) is 2.26. The Kier molecular flexibility index (Phi) is 2.33. The molecule has 72 valence electrons. The van der Waals surface area contributed by atoms with Gasteiger partial charge >= 0.3 is 0 Å². The van der Waals surface area contributed by atoms with Crippen LogP contribution in [-0.2, 0) is 0 Å². The van der Waals surface area contributed by atoms with Gasteiger partial charge < -0.3 is 0 Å². The lowest BCUT2D eigenvalue weighted by Gasteiger charge is -1.99. The van der Waals surface area contributed by atoms with Gasteiger partial charge in [-0.1, -0.05) is 12.1 Å². The van der Waals surface area contributed by atoms with Gasteiger partial charge in [-0.3, -0.25) is 0 Å². The van der Waals surface area contributed by atoms with Gasteiger partial charge in [-0.2, -0.15) is 0 Å². The zero-order chi connectivity index (χ0) is 10.1. The van der Waals surface area contributed by atoms with Crippen molar-refractivity contribution < 1.29 is 4.39 Å². The quantitative estimate of drug-likeness (QED) is 0.696. The highest BCUT2D eigenvalue weighted by Crippen LogP contribution is 2.28. The summed E-state index contributed by atoms with van der Waals surface area (Å²) in [6.07, 6.45) is 0. The first-order valence-electron chi connectivity index (χ1n) is 4.37. The minimum Gasteiger partial charge on any atom is -0.241 e. The average molecular weight is 207 g/mol. The van der Waals surface area contributed by atoms with E-state index in [4.69, 9.17) is 0 Å². The maximum atomic E-state index is 13.4. The van der Waals surface area contributed by atoms with E-state index in [2.05, 4.69) is 4.98 Å². The summed E-state index contributed by atoms with van der Waals surface area (Å²) in [6.45, 7) is 3.90. The Labute approximate surface area is 86.2 Å². The highest BCUT2D eigenvalue weighted by Gasteiger charge is 2.10. The molecule has 2 rings (SSSR count). The van der Waals surface area contributed by atoms with Crippen LogP contribution in [0.2, 0.25) is 0 Å². The van der Waals surface area contributed by atoms with Crippen molar-refractivity contribution in [1.29, 1.82) is 0 Å². The van der Waals surface area contributed by atoms with Gasteiger partial charge in [0.25, 0.3) is 0 Å². The molecular formula is C11H10FNS. The van der Waals surface area contributed by atoms with E-state index < -0.39 is 0 Å². The molecule has 0 saturated carbocycles. The van der Waals surface area contributed by atoms with Crippen molar-refractivity contribution >= 4 is 11.3 Å². The maximum Gasteiger partial charge on any atom is 0.132 e. The second-order valence-corrected chi connectivity index (χ2v) is 4.52. The van der Waals surface area contributed by atoms with Crippen molar-refractivity contribution in [3.05, 3.63) is 40.0 Å². The van der Waals surface area contributed by atoms with Crippen LogP contribution in [0.25, 0.3) is 11.3 Å². The predicted octanol–water partition coefficient (Wildman–Crippen LogP) is 3.57. The predicted molar refractivity (Wildman–Crippen MR) is 57.0 cm³/mol. The summed E-state index contributed by atoms with van der Waals surface area (Å²) in [6, 6.07) is 6.74. The highest BCUT2D eigenvalue weighted by molar-refractivity contribution is 7.11. The molecule has 1 heterocycles. The van der Waals surface area contributed by atoms with Crippen LogP contribution in [0.5, 0.6) is 0 Å². The Bertz CT molecular complexity index is 462. The van der Waals surface area contributed by atoms with E-state index in [1.165, 1.54) is 6.07 Å². The molecule has 0 saturated heterocycles. The van der Waals surface area contributed by atoms with Gasteiger partial charge in [0.15, 0.2) is 0 Å². The monoisotopic (exact) mass is 207 g/mol. The molecule has 0 N–H and O–H groups in total. The third-order valence-corrected chi connectivity index (χ3v) is 2.92. The van der Waals surface area contributed by atoms with Gasteiger partial charge in [0, 0.05) is 10.4 Å².